The van der Waals surface area contributed by atoms with Crippen molar-refractivity contribution in [2.75, 3.05) is 24.3 Å². The van der Waals surface area contributed by atoms with Gasteiger partial charge in [0.2, 0.25) is 0 Å². The summed E-state index contributed by atoms with van der Waals surface area (Å²) in [6.45, 7) is 2.08. The predicted octanol–water partition coefficient (Wildman–Crippen LogP) is 4.38. The van der Waals surface area contributed by atoms with E-state index in [-0.39, 0.29) is 11.6 Å². The molecular weight excluding hydrogens is 370 g/mol. The number of rotatable bonds is 4. The topological polar surface area (TPSA) is 71.0 Å². The maximum atomic E-state index is 12.4. The molecule has 0 unspecified atom stereocenters. The molecule has 0 saturated heterocycles. The van der Waals surface area contributed by atoms with Gasteiger partial charge in [0, 0.05) is 25.3 Å². The summed E-state index contributed by atoms with van der Waals surface area (Å²) in [7, 11) is 3.75. The fourth-order valence-corrected chi connectivity index (χ4v) is 3.80. The number of anilines is 2. The molecule has 2 heterocycles. The number of hydrogen-bond acceptors (Lipinski definition) is 6. The highest BCUT2D eigenvalue weighted by Crippen LogP contribution is 2.31. The van der Waals surface area contributed by atoms with Gasteiger partial charge in [0.25, 0.3) is 5.91 Å². The molecule has 2 aromatic carbocycles. The van der Waals surface area contributed by atoms with Gasteiger partial charge in [0.05, 0.1) is 10.2 Å². The number of aromatic nitrogens is 3. The SMILES string of the molecule is Cc1ccc2nc(-c3ccc(NC(=O)c4ccc(N(C)C)nn4)cc3)sc2c1. The molecule has 140 valence electrons. The van der Waals surface area contributed by atoms with Crippen LogP contribution in [0, 0.1) is 6.92 Å². The Balaban J connectivity index is 1.50. The molecular formula is C21H19N5OS. The highest BCUT2D eigenvalue weighted by Gasteiger charge is 2.11. The van der Waals surface area contributed by atoms with E-state index in [2.05, 4.69) is 34.6 Å². The van der Waals surface area contributed by atoms with E-state index in [0.717, 1.165) is 16.1 Å². The van der Waals surface area contributed by atoms with Crippen LogP contribution in [0.1, 0.15) is 16.1 Å². The largest absolute Gasteiger partial charge is 0.361 e. The molecule has 0 aliphatic rings. The maximum Gasteiger partial charge on any atom is 0.276 e. The first kappa shape index (κ1) is 18.1. The van der Waals surface area contributed by atoms with Crippen LogP contribution in [-0.2, 0) is 0 Å². The standard InChI is InChI=1S/C21H19N5OS/c1-13-4-9-16-18(12-13)28-21(23-16)14-5-7-15(8-6-14)22-20(27)17-10-11-19(25-24-17)26(2)3/h4-12H,1-3H3,(H,22,27). The van der Waals surface area contributed by atoms with E-state index in [1.165, 1.54) is 10.3 Å². The molecule has 0 saturated carbocycles. The lowest BCUT2D eigenvalue weighted by atomic mass is 10.2. The summed E-state index contributed by atoms with van der Waals surface area (Å²) in [5, 5.41) is 11.8. The second-order valence-electron chi connectivity index (χ2n) is 6.69. The molecule has 0 bridgehead atoms. The molecule has 1 amide bonds. The Bertz CT molecular complexity index is 1130. The fraction of sp³-hybridized carbons (Fsp3) is 0.143. The summed E-state index contributed by atoms with van der Waals surface area (Å²) >= 11 is 1.66. The number of nitrogens with one attached hydrogen (secondary N) is 1. The Hall–Kier alpha value is -3.32. The minimum Gasteiger partial charge on any atom is -0.361 e. The van der Waals surface area contributed by atoms with Crippen LogP contribution in [0.15, 0.2) is 54.6 Å². The van der Waals surface area contributed by atoms with Crippen molar-refractivity contribution in [3.05, 3.63) is 65.9 Å². The Kier molecular flexibility index (Phi) is 4.75. The quantitative estimate of drug-likeness (QED) is 0.561. The van der Waals surface area contributed by atoms with Crippen LogP contribution in [0.25, 0.3) is 20.8 Å². The molecule has 0 spiro atoms. The van der Waals surface area contributed by atoms with Crippen LogP contribution in [0.4, 0.5) is 11.5 Å². The van der Waals surface area contributed by atoms with Crippen molar-refractivity contribution < 1.29 is 4.79 Å². The molecule has 0 atom stereocenters. The normalized spacial score (nSPS) is 10.8. The van der Waals surface area contributed by atoms with Crippen molar-refractivity contribution in [3.63, 3.8) is 0 Å². The molecule has 0 radical (unpaired) electrons. The van der Waals surface area contributed by atoms with Gasteiger partial charge in [0.1, 0.15) is 5.01 Å². The van der Waals surface area contributed by atoms with Gasteiger partial charge in [-0.1, -0.05) is 6.07 Å². The highest BCUT2D eigenvalue weighted by molar-refractivity contribution is 7.21. The summed E-state index contributed by atoms with van der Waals surface area (Å²) in [6.07, 6.45) is 0. The van der Waals surface area contributed by atoms with Crippen molar-refractivity contribution in [2.45, 2.75) is 6.92 Å². The van der Waals surface area contributed by atoms with E-state index in [1.807, 2.05) is 49.3 Å². The van der Waals surface area contributed by atoms with Crippen LogP contribution in [-0.4, -0.2) is 35.2 Å². The third-order valence-corrected chi connectivity index (χ3v) is 5.34. The number of nitrogens with zero attached hydrogens (tertiary/aromatic N) is 4. The van der Waals surface area contributed by atoms with Gasteiger partial charge in [-0.2, -0.15) is 0 Å². The van der Waals surface area contributed by atoms with Gasteiger partial charge >= 0.3 is 0 Å². The molecule has 7 heteroatoms. The highest BCUT2D eigenvalue weighted by atomic mass is 32.1. The van der Waals surface area contributed by atoms with E-state index in [4.69, 9.17) is 4.98 Å². The average Bonchev–Trinajstić information content (AvgIpc) is 3.11. The summed E-state index contributed by atoms with van der Waals surface area (Å²) in [5.74, 6) is 0.410. The average molecular weight is 389 g/mol. The predicted molar refractivity (Wildman–Crippen MR) is 114 cm³/mol. The minimum atomic E-state index is -0.291. The Morgan fingerprint density at radius 3 is 2.46 bits per heavy atom. The van der Waals surface area contributed by atoms with Gasteiger partial charge in [0.15, 0.2) is 11.5 Å². The van der Waals surface area contributed by atoms with Crippen molar-refractivity contribution >= 4 is 39.0 Å². The molecule has 2 aromatic heterocycles. The number of benzene rings is 2. The van der Waals surface area contributed by atoms with Crippen LogP contribution in [0.5, 0.6) is 0 Å². The molecule has 6 nitrogen and oxygen atoms in total. The lowest BCUT2D eigenvalue weighted by Gasteiger charge is -2.10. The molecule has 4 rings (SSSR count). The van der Waals surface area contributed by atoms with Gasteiger partial charge in [-0.15, -0.1) is 21.5 Å². The minimum absolute atomic E-state index is 0.274. The Labute approximate surface area is 166 Å². The molecule has 1 N–H and O–H groups in total. The van der Waals surface area contributed by atoms with Crippen molar-refractivity contribution in [3.8, 4) is 10.6 Å². The monoisotopic (exact) mass is 389 g/mol. The first-order valence-electron chi connectivity index (χ1n) is 8.79. The van der Waals surface area contributed by atoms with Gasteiger partial charge in [-0.05, 0) is 61.0 Å². The zero-order chi connectivity index (χ0) is 19.7. The van der Waals surface area contributed by atoms with E-state index in [0.29, 0.717) is 11.5 Å². The number of hydrogen-bond donors (Lipinski definition) is 1. The van der Waals surface area contributed by atoms with Crippen molar-refractivity contribution in [1.29, 1.82) is 0 Å². The molecule has 0 aliphatic carbocycles. The number of amides is 1. The van der Waals surface area contributed by atoms with E-state index >= 15 is 0 Å². The summed E-state index contributed by atoms with van der Waals surface area (Å²) in [5.41, 5.74) is 4.22. The number of thiazole rings is 1. The van der Waals surface area contributed by atoms with E-state index < -0.39 is 0 Å². The van der Waals surface area contributed by atoms with Gasteiger partial charge in [-0.3, -0.25) is 4.79 Å². The van der Waals surface area contributed by atoms with Crippen molar-refractivity contribution in [1.82, 2.24) is 15.2 Å². The third-order valence-electron chi connectivity index (χ3n) is 4.27. The molecule has 28 heavy (non-hydrogen) atoms. The zero-order valence-electron chi connectivity index (χ0n) is 15.8. The van der Waals surface area contributed by atoms with E-state index in [1.54, 1.807) is 23.5 Å². The zero-order valence-corrected chi connectivity index (χ0v) is 16.6. The summed E-state index contributed by atoms with van der Waals surface area (Å²) in [6, 6.07) is 17.3. The molecule has 4 aromatic rings. The second-order valence-corrected chi connectivity index (χ2v) is 7.72. The number of carbonyl (C=O) groups is 1. The van der Waals surface area contributed by atoms with Crippen LogP contribution in [0.2, 0.25) is 0 Å². The Morgan fingerprint density at radius 2 is 1.79 bits per heavy atom. The first-order chi connectivity index (χ1) is 13.5. The van der Waals surface area contributed by atoms with Crippen LogP contribution >= 0.6 is 11.3 Å². The summed E-state index contributed by atoms with van der Waals surface area (Å²) < 4.78 is 1.17. The second kappa shape index (κ2) is 7.36. The molecule has 0 aliphatic heterocycles. The number of fused-ring (bicyclic) bond motifs is 1. The van der Waals surface area contributed by atoms with Crippen LogP contribution in [0.3, 0.4) is 0 Å². The van der Waals surface area contributed by atoms with Gasteiger partial charge in [-0.25, -0.2) is 4.98 Å². The third kappa shape index (κ3) is 3.70. The summed E-state index contributed by atoms with van der Waals surface area (Å²) in [4.78, 5) is 18.9. The van der Waals surface area contributed by atoms with Crippen molar-refractivity contribution in [2.24, 2.45) is 0 Å². The van der Waals surface area contributed by atoms with Crippen LogP contribution < -0.4 is 10.2 Å². The first-order valence-corrected chi connectivity index (χ1v) is 9.61. The maximum absolute atomic E-state index is 12.4. The molecule has 0 fully saturated rings. The number of aryl methyl sites for hydroxylation is 1. The van der Waals surface area contributed by atoms with Gasteiger partial charge < -0.3 is 10.2 Å². The lowest BCUT2D eigenvalue weighted by Crippen LogP contribution is -2.16. The lowest BCUT2D eigenvalue weighted by molar-refractivity contribution is 0.102. The number of carbonyl (C=O) groups excluding carboxylic acids is 1. The fourth-order valence-electron chi connectivity index (χ4n) is 2.73. The van der Waals surface area contributed by atoms with E-state index in [9.17, 15) is 4.79 Å². The smallest absolute Gasteiger partial charge is 0.276 e. The Morgan fingerprint density at radius 1 is 1.00 bits per heavy atom.